The number of anilines is 2. The fourth-order valence-corrected chi connectivity index (χ4v) is 3.62. The maximum absolute atomic E-state index is 12.5. The molecule has 3 unspecified atom stereocenters. The molecule has 0 radical (unpaired) electrons. The molecular formula is C23H24N4O2. The zero-order valence-corrected chi connectivity index (χ0v) is 16.5. The van der Waals surface area contributed by atoms with Gasteiger partial charge in [0.05, 0.1) is 12.1 Å². The lowest BCUT2D eigenvalue weighted by molar-refractivity contribution is 0.178. The van der Waals surface area contributed by atoms with Gasteiger partial charge in [-0.1, -0.05) is 67.6 Å². The molecule has 1 aromatic heterocycles. The van der Waals surface area contributed by atoms with Crippen molar-refractivity contribution in [3.8, 4) is 0 Å². The van der Waals surface area contributed by atoms with E-state index in [0.29, 0.717) is 18.4 Å². The third-order valence-corrected chi connectivity index (χ3v) is 5.34. The highest BCUT2D eigenvalue weighted by molar-refractivity contribution is 5.89. The number of benzene rings is 2. The van der Waals surface area contributed by atoms with Gasteiger partial charge in [0.2, 0.25) is 5.95 Å². The summed E-state index contributed by atoms with van der Waals surface area (Å²) in [5, 5.41) is 3.31. The molecule has 29 heavy (non-hydrogen) atoms. The maximum Gasteiger partial charge on any atom is 0.415 e. The van der Waals surface area contributed by atoms with Crippen molar-refractivity contribution >= 4 is 17.9 Å². The first-order valence-electron chi connectivity index (χ1n) is 9.79. The molecule has 0 aliphatic carbocycles. The minimum Gasteiger partial charge on any atom is -0.447 e. The standard InChI is InChI=1S/C23H24N4O2/c1-16(18-9-5-3-6-10-18)20-15-29-23(28)27(20)21-13-14-24-22(26-21)25-17(2)19-11-7-4-8-12-19/h3-14,16-17,20H,15H2,1-2H3,(H,24,25,26). The van der Waals surface area contributed by atoms with Crippen LogP contribution in [0.5, 0.6) is 0 Å². The molecule has 1 amide bonds. The first kappa shape index (κ1) is 18.9. The van der Waals surface area contributed by atoms with Crippen LogP contribution in [-0.4, -0.2) is 28.7 Å². The number of ether oxygens (including phenoxy) is 1. The lowest BCUT2D eigenvalue weighted by atomic mass is 9.93. The molecule has 1 fully saturated rings. The van der Waals surface area contributed by atoms with Gasteiger partial charge in [-0.25, -0.2) is 9.78 Å². The Balaban J connectivity index is 1.56. The van der Waals surface area contributed by atoms with Gasteiger partial charge in [0.25, 0.3) is 0 Å². The topological polar surface area (TPSA) is 67.4 Å². The highest BCUT2D eigenvalue weighted by Crippen LogP contribution is 2.31. The van der Waals surface area contributed by atoms with Crippen molar-refractivity contribution in [3.05, 3.63) is 84.1 Å². The summed E-state index contributed by atoms with van der Waals surface area (Å²) in [5.74, 6) is 1.12. The normalized spacial score (nSPS) is 18.2. The van der Waals surface area contributed by atoms with Gasteiger partial charge in [-0.3, -0.25) is 4.90 Å². The molecule has 0 bridgehead atoms. The largest absolute Gasteiger partial charge is 0.447 e. The Hall–Kier alpha value is -3.41. The number of carbonyl (C=O) groups is 1. The molecule has 1 saturated heterocycles. The van der Waals surface area contributed by atoms with Crippen LogP contribution in [0.2, 0.25) is 0 Å². The summed E-state index contributed by atoms with van der Waals surface area (Å²) in [6.07, 6.45) is 1.29. The minimum absolute atomic E-state index is 0.0380. The van der Waals surface area contributed by atoms with Crippen LogP contribution in [0, 0.1) is 0 Å². The third kappa shape index (κ3) is 4.06. The molecule has 1 N–H and O–H groups in total. The molecular weight excluding hydrogens is 364 g/mol. The molecule has 2 heterocycles. The monoisotopic (exact) mass is 388 g/mol. The molecule has 3 atom stereocenters. The molecule has 1 aliphatic heterocycles. The highest BCUT2D eigenvalue weighted by Gasteiger charge is 2.39. The van der Waals surface area contributed by atoms with Gasteiger partial charge >= 0.3 is 6.09 Å². The van der Waals surface area contributed by atoms with Crippen LogP contribution in [-0.2, 0) is 4.74 Å². The first-order valence-corrected chi connectivity index (χ1v) is 9.79. The van der Waals surface area contributed by atoms with Crippen molar-refractivity contribution in [3.63, 3.8) is 0 Å². The number of amides is 1. The van der Waals surface area contributed by atoms with Gasteiger partial charge in [0.15, 0.2) is 0 Å². The van der Waals surface area contributed by atoms with E-state index in [-0.39, 0.29) is 24.1 Å². The van der Waals surface area contributed by atoms with Crippen molar-refractivity contribution in [2.24, 2.45) is 0 Å². The van der Waals surface area contributed by atoms with Crippen LogP contribution in [0.3, 0.4) is 0 Å². The molecule has 148 valence electrons. The van der Waals surface area contributed by atoms with Crippen molar-refractivity contribution in [2.75, 3.05) is 16.8 Å². The Morgan fingerprint density at radius 1 is 1.00 bits per heavy atom. The summed E-state index contributed by atoms with van der Waals surface area (Å²) < 4.78 is 5.37. The van der Waals surface area contributed by atoms with E-state index in [1.807, 2.05) is 36.4 Å². The number of hydrogen-bond acceptors (Lipinski definition) is 5. The van der Waals surface area contributed by atoms with Crippen LogP contribution in [0.15, 0.2) is 72.9 Å². The molecule has 4 rings (SSSR count). The number of nitrogens with one attached hydrogen (secondary N) is 1. The molecule has 2 aromatic carbocycles. The van der Waals surface area contributed by atoms with Crippen molar-refractivity contribution in [1.82, 2.24) is 9.97 Å². The Labute approximate surface area is 170 Å². The lowest BCUT2D eigenvalue weighted by Gasteiger charge is -2.26. The van der Waals surface area contributed by atoms with Crippen LogP contribution in [0.25, 0.3) is 0 Å². The number of cyclic esters (lactones) is 1. The van der Waals surface area contributed by atoms with E-state index in [4.69, 9.17) is 4.74 Å². The van der Waals surface area contributed by atoms with Gasteiger partial charge in [-0.2, -0.15) is 4.98 Å². The molecule has 0 saturated carbocycles. The SMILES string of the molecule is CC(Nc1nccc(N2C(=O)OCC2C(C)c2ccccc2)n1)c1ccccc1. The Morgan fingerprint density at radius 2 is 1.66 bits per heavy atom. The summed E-state index contributed by atoms with van der Waals surface area (Å²) in [7, 11) is 0. The van der Waals surface area contributed by atoms with Gasteiger partial charge in [0.1, 0.15) is 12.4 Å². The summed E-state index contributed by atoms with van der Waals surface area (Å²) in [6, 6.07) is 21.9. The number of nitrogens with zero attached hydrogens (tertiary/aromatic N) is 3. The van der Waals surface area contributed by atoms with E-state index in [0.717, 1.165) is 11.1 Å². The predicted octanol–water partition coefficient (Wildman–Crippen LogP) is 4.78. The van der Waals surface area contributed by atoms with E-state index in [1.165, 1.54) is 0 Å². The van der Waals surface area contributed by atoms with Crippen molar-refractivity contribution in [1.29, 1.82) is 0 Å². The van der Waals surface area contributed by atoms with Gasteiger partial charge in [0, 0.05) is 12.1 Å². The average Bonchev–Trinajstić information content (AvgIpc) is 3.16. The Kier molecular flexibility index (Phi) is 5.42. The van der Waals surface area contributed by atoms with Gasteiger partial charge < -0.3 is 10.1 Å². The smallest absolute Gasteiger partial charge is 0.415 e. The zero-order chi connectivity index (χ0) is 20.2. The van der Waals surface area contributed by atoms with Crippen LogP contribution < -0.4 is 10.2 Å². The van der Waals surface area contributed by atoms with E-state index >= 15 is 0 Å². The van der Waals surface area contributed by atoms with Crippen molar-refractivity contribution in [2.45, 2.75) is 31.8 Å². The van der Waals surface area contributed by atoms with Gasteiger partial charge in [-0.15, -0.1) is 0 Å². The average molecular weight is 388 g/mol. The fourth-order valence-electron chi connectivity index (χ4n) is 3.62. The van der Waals surface area contributed by atoms with Crippen LogP contribution in [0.1, 0.15) is 36.9 Å². The summed E-state index contributed by atoms with van der Waals surface area (Å²) >= 11 is 0. The van der Waals surface area contributed by atoms with E-state index in [2.05, 4.69) is 53.4 Å². The maximum atomic E-state index is 12.5. The second-order valence-corrected chi connectivity index (χ2v) is 7.23. The third-order valence-electron chi connectivity index (χ3n) is 5.34. The van der Waals surface area contributed by atoms with E-state index in [1.54, 1.807) is 17.2 Å². The number of hydrogen-bond donors (Lipinski definition) is 1. The van der Waals surface area contributed by atoms with E-state index < -0.39 is 0 Å². The molecule has 1 aliphatic rings. The number of aromatic nitrogens is 2. The molecule has 6 heteroatoms. The predicted molar refractivity (Wildman–Crippen MR) is 113 cm³/mol. The summed E-state index contributed by atoms with van der Waals surface area (Å²) in [5.41, 5.74) is 2.29. The quantitative estimate of drug-likeness (QED) is 0.658. The summed E-state index contributed by atoms with van der Waals surface area (Å²) in [6.45, 7) is 4.49. The lowest BCUT2D eigenvalue weighted by Crippen LogP contribution is -2.38. The first-order chi connectivity index (χ1) is 14.1. The van der Waals surface area contributed by atoms with Gasteiger partial charge in [-0.05, 0) is 24.1 Å². The van der Waals surface area contributed by atoms with E-state index in [9.17, 15) is 4.79 Å². The minimum atomic E-state index is -0.376. The number of rotatable bonds is 6. The second kappa shape index (κ2) is 8.31. The van der Waals surface area contributed by atoms with Crippen LogP contribution in [0.4, 0.5) is 16.6 Å². The summed E-state index contributed by atoms with van der Waals surface area (Å²) in [4.78, 5) is 23.1. The second-order valence-electron chi connectivity index (χ2n) is 7.23. The molecule has 6 nitrogen and oxygen atoms in total. The van der Waals surface area contributed by atoms with Crippen molar-refractivity contribution < 1.29 is 9.53 Å². The Bertz CT molecular complexity index is 965. The number of carbonyl (C=O) groups excluding carboxylic acids is 1. The molecule has 3 aromatic rings. The zero-order valence-electron chi connectivity index (χ0n) is 16.5. The molecule has 0 spiro atoms. The fraction of sp³-hybridized carbons (Fsp3) is 0.261. The highest BCUT2D eigenvalue weighted by atomic mass is 16.6. The van der Waals surface area contributed by atoms with Crippen LogP contribution >= 0.6 is 0 Å². The Morgan fingerprint density at radius 3 is 2.34 bits per heavy atom.